The van der Waals surface area contributed by atoms with Crippen molar-refractivity contribution in [1.82, 2.24) is 10.2 Å². The maximum atomic E-state index is 12.5. The molecular weight excluding hydrogens is 292 g/mol. The van der Waals surface area contributed by atoms with Gasteiger partial charge in [-0.2, -0.15) is 0 Å². The zero-order chi connectivity index (χ0) is 17.1. The molecule has 0 aliphatic heterocycles. The Balaban J connectivity index is 2.39. The van der Waals surface area contributed by atoms with Crippen LogP contribution >= 0.6 is 0 Å². The molecule has 0 unspecified atom stereocenters. The van der Waals surface area contributed by atoms with Gasteiger partial charge < -0.3 is 14.6 Å². The molecule has 130 valence electrons. The molecule has 23 heavy (non-hydrogen) atoms. The third-order valence-corrected chi connectivity index (χ3v) is 3.83. The average Bonchev–Trinajstić information content (AvgIpc) is 2.96. The predicted octanol–water partition coefficient (Wildman–Crippen LogP) is 3.53. The maximum absolute atomic E-state index is 12.5. The van der Waals surface area contributed by atoms with Gasteiger partial charge in [0, 0.05) is 26.1 Å². The van der Waals surface area contributed by atoms with E-state index in [2.05, 4.69) is 12.2 Å². The van der Waals surface area contributed by atoms with E-state index in [4.69, 9.17) is 4.42 Å². The van der Waals surface area contributed by atoms with Crippen LogP contribution in [0.3, 0.4) is 0 Å². The first-order valence-corrected chi connectivity index (χ1v) is 8.70. The minimum absolute atomic E-state index is 0.0133. The normalized spacial score (nSPS) is 10.6. The first kappa shape index (κ1) is 19.3. The summed E-state index contributed by atoms with van der Waals surface area (Å²) in [7, 11) is 0. The van der Waals surface area contributed by atoms with Crippen LogP contribution in [0.2, 0.25) is 0 Å². The Labute approximate surface area is 139 Å². The van der Waals surface area contributed by atoms with Crippen molar-refractivity contribution in [3.05, 3.63) is 23.7 Å². The van der Waals surface area contributed by atoms with Crippen molar-refractivity contribution in [1.29, 1.82) is 0 Å². The zero-order valence-electron chi connectivity index (χ0n) is 14.7. The Hall–Kier alpha value is -1.78. The van der Waals surface area contributed by atoms with Crippen LogP contribution in [0, 0.1) is 6.92 Å². The lowest BCUT2D eigenvalue weighted by molar-refractivity contribution is -0.121. The number of aryl methyl sites for hydroxylation is 1. The molecule has 5 heteroatoms. The highest BCUT2D eigenvalue weighted by Gasteiger charge is 2.19. The van der Waals surface area contributed by atoms with E-state index in [9.17, 15) is 9.59 Å². The Bertz CT molecular complexity index is 482. The first-order valence-electron chi connectivity index (χ1n) is 8.70. The first-order chi connectivity index (χ1) is 11.1. The fourth-order valence-corrected chi connectivity index (χ4v) is 2.47. The molecule has 0 aliphatic rings. The molecule has 0 spiro atoms. The van der Waals surface area contributed by atoms with Crippen molar-refractivity contribution < 1.29 is 14.0 Å². The molecule has 1 aromatic rings. The van der Waals surface area contributed by atoms with E-state index in [0.717, 1.165) is 25.8 Å². The van der Waals surface area contributed by atoms with E-state index in [1.54, 1.807) is 17.9 Å². The van der Waals surface area contributed by atoms with Crippen molar-refractivity contribution in [2.75, 3.05) is 19.6 Å². The quantitative estimate of drug-likeness (QED) is 0.634. The Morgan fingerprint density at radius 3 is 2.52 bits per heavy atom. The fraction of sp³-hybridized carbons (Fsp3) is 0.667. The summed E-state index contributed by atoms with van der Waals surface area (Å²) in [6.45, 7) is 7.78. The molecule has 0 saturated heterocycles. The van der Waals surface area contributed by atoms with Crippen LogP contribution in [0.4, 0.5) is 0 Å². The molecule has 0 saturated carbocycles. The summed E-state index contributed by atoms with van der Waals surface area (Å²) in [6.07, 6.45) is 7.30. The van der Waals surface area contributed by atoms with Crippen molar-refractivity contribution >= 4 is 11.8 Å². The van der Waals surface area contributed by atoms with Gasteiger partial charge in [0.2, 0.25) is 5.91 Å². The molecule has 1 aromatic heterocycles. The van der Waals surface area contributed by atoms with Crippen LogP contribution in [0.5, 0.6) is 0 Å². The van der Waals surface area contributed by atoms with E-state index in [1.807, 2.05) is 6.92 Å². The molecule has 0 aliphatic carbocycles. The monoisotopic (exact) mass is 322 g/mol. The second kappa shape index (κ2) is 10.9. The highest BCUT2D eigenvalue weighted by molar-refractivity contribution is 5.95. The van der Waals surface area contributed by atoms with Crippen LogP contribution in [-0.2, 0) is 4.79 Å². The molecular formula is C18H30N2O3. The summed E-state index contributed by atoms with van der Waals surface area (Å²) < 4.78 is 5.20. The van der Waals surface area contributed by atoms with Gasteiger partial charge in [-0.15, -0.1) is 0 Å². The fourth-order valence-electron chi connectivity index (χ4n) is 2.47. The number of unbranched alkanes of at least 4 members (excludes halogenated alkanes) is 3. The number of carbonyl (C=O) groups is 2. The lowest BCUT2D eigenvalue weighted by atomic mass is 10.2. The van der Waals surface area contributed by atoms with Gasteiger partial charge in [-0.3, -0.25) is 9.59 Å². The summed E-state index contributed by atoms with van der Waals surface area (Å²) in [5.41, 5.74) is 0.582. The summed E-state index contributed by atoms with van der Waals surface area (Å²) in [5.74, 6) is 0.574. The van der Waals surface area contributed by atoms with Crippen molar-refractivity contribution in [2.45, 2.75) is 59.3 Å². The molecule has 1 rings (SSSR count). The maximum Gasteiger partial charge on any atom is 0.257 e. The Morgan fingerprint density at radius 1 is 1.13 bits per heavy atom. The van der Waals surface area contributed by atoms with Crippen LogP contribution in [0.15, 0.2) is 16.7 Å². The second-order valence-corrected chi connectivity index (χ2v) is 5.84. The molecule has 0 aromatic carbocycles. The van der Waals surface area contributed by atoms with E-state index >= 15 is 0 Å². The highest BCUT2D eigenvalue weighted by atomic mass is 16.3. The summed E-state index contributed by atoms with van der Waals surface area (Å²) in [6, 6.07) is 1.69. The van der Waals surface area contributed by atoms with Crippen LogP contribution in [0.25, 0.3) is 0 Å². The van der Waals surface area contributed by atoms with E-state index < -0.39 is 0 Å². The van der Waals surface area contributed by atoms with Gasteiger partial charge in [-0.05, 0) is 25.8 Å². The highest BCUT2D eigenvalue weighted by Crippen LogP contribution is 2.12. The number of rotatable bonds is 11. The molecule has 0 fully saturated rings. The number of hydrogen-bond donors (Lipinski definition) is 1. The van der Waals surface area contributed by atoms with Gasteiger partial charge >= 0.3 is 0 Å². The largest absolute Gasteiger partial charge is 0.469 e. The smallest absolute Gasteiger partial charge is 0.257 e. The topological polar surface area (TPSA) is 62.6 Å². The van der Waals surface area contributed by atoms with Crippen molar-refractivity contribution in [3.63, 3.8) is 0 Å². The molecule has 1 N–H and O–H groups in total. The minimum Gasteiger partial charge on any atom is -0.469 e. The predicted molar refractivity (Wildman–Crippen MR) is 91.4 cm³/mol. The Morgan fingerprint density at radius 2 is 1.91 bits per heavy atom. The van der Waals surface area contributed by atoms with Gasteiger partial charge in [-0.25, -0.2) is 0 Å². The van der Waals surface area contributed by atoms with Gasteiger partial charge in [-0.1, -0.05) is 33.1 Å². The van der Waals surface area contributed by atoms with Gasteiger partial charge in [0.25, 0.3) is 5.91 Å². The van der Waals surface area contributed by atoms with Crippen LogP contribution in [-0.4, -0.2) is 36.3 Å². The summed E-state index contributed by atoms with van der Waals surface area (Å²) in [5, 5.41) is 2.93. The molecule has 0 radical (unpaired) electrons. The van der Waals surface area contributed by atoms with Crippen molar-refractivity contribution in [2.24, 2.45) is 0 Å². The van der Waals surface area contributed by atoms with Crippen LogP contribution < -0.4 is 5.32 Å². The number of furan rings is 1. The second-order valence-electron chi connectivity index (χ2n) is 5.84. The third kappa shape index (κ3) is 6.89. The lowest BCUT2D eigenvalue weighted by Gasteiger charge is -2.21. The summed E-state index contributed by atoms with van der Waals surface area (Å²) in [4.78, 5) is 26.1. The number of hydrogen-bond acceptors (Lipinski definition) is 3. The number of nitrogens with zero attached hydrogens (tertiary/aromatic N) is 1. The van der Waals surface area contributed by atoms with Gasteiger partial charge in [0.05, 0.1) is 11.8 Å². The van der Waals surface area contributed by atoms with E-state index in [0.29, 0.717) is 30.8 Å². The SMILES string of the molecule is CCCCCCNC(=O)CCN(CCC)C(=O)c1ccoc1C. The zero-order valence-corrected chi connectivity index (χ0v) is 14.7. The van der Waals surface area contributed by atoms with Gasteiger partial charge in [0.15, 0.2) is 0 Å². The number of amides is 2. The van der Waals surface area contributed by atoms with E-state index in [-0.39, 0.29) is 11.8 Å². The molecule has 5 nitrogen and oxygen atoms in total. The molecule has 2 amide bonds. The minimum atomic E-state index is -0.0613. The molecule has 0 bridgehead atoms. The van der Waals surface area contributed by atoms with E-state index in [1.165, 1.54) is 19.1 Å². The Kier molecular flexibility index (Phi) is 9.10. The average molecular weight is 322 g/mol. The number of nitrogens with one attached hydrogen (secondary N) is 1. The third-order valence-electron chi connectivity index (χ3n) is 3.83. The standard InChI is InChI=1S/C18H30N2O3/c1-4-6-7-8-11-19-17(21)9-13-20(12-5-2)18(22)16-10-14-23-15(16)3/h10,14H,4-9,11-13H2,1-3H3,(H,19,21). The van der Waals surface area contributed by atoms with Crippen LogP contribution in [0.1, 0.15) is 68.5 Å². The lowest BCUT2D eigenvalue weighted by Crippen LogP contribution is -2.36. The van der Waals surface area contributed by atoms with Gasteiger partial charge in [0.1, 0.15) is 5.76 Å². The molecule has 0 atom stereocenters. The van der Waals surface area contributed by atoms with Crippen molar-refractivity contribution in [3.8, 4) is 0 Å². The molecule has 1 heterocycles. The number of carbonyl (C=O) groups excluding carboxylic acids is 2. The summed E-state index contributed by atoms with van der Waals surface area (Å²) >= 11 is 0.